The molecule has 0 aliphatic rings. The molecule has 0 radical (unpaired) electrons. The first-order valence-electron chi connectivity index (χ1n) is 7.35. The van der Waals surface area contributed by atoms with Gasteiger partial charge in [-0.15, -0.1) is 6.58 Å². The van der Waals surface area contributed by atoms with Gasteiger partial charge in [0, 0.05) is 10.5 Å². The molecule has 0 bridgehead atoms. The van der Waals surface area contributed by atoms with E-state index < -0.39 is 0 Å². The van der Waals surface area contributed by atoms with Gasteiger partial charge in [0.25, 0.3) is 0 Å². The van der Waals surface area contributed by atoms with Gasteiger partial charge >= 0.3 is 0 Å². The van der Waals surface area contributed by atoms with Crippen LogP contribution in [-0.4, -0.2) is 12.6 Å². The fourth-order valence-corrected chi connectivity index (χ4v) is 2.82. The lowest BCUT2D eigenvalue weighted by Crippen LogP contribution is -2.30. The zero-order valence-corrected chi connectivity index (χ0v) is 13.6. The number of hydrogen-bond acceptors (Lipinski definition) is 1. The largest absolute Gasteiger partial charge is 0.314 e. The Morgan fingerprint density at radius 1 is 1.32 bits per heavy atom. The smallest absolute Gasteiger partial charge is 0.0178 e. The van der Waals surface area contributed by atoms with Gasteiger partial charge in [0.15, 0.2) is 0 Å². The molecule has 0 fully saturated rings. The number of likely N-dealkylation sites (N-methyl/N-ethyl adjacent to an activating group) is 1. The van der Waals surface area contributed by atoms with Crippen LogP contribution in [0.2, 0.25) is 0 Å². The molecule has 1 unspecified atom stereocenters. The highest BCUT2D eigenvalue weighted by Crippen LogP contribution is 2.15. The van der Waals surface area contributed by atoms with Gasteiger partial charge in [0.05, 0.1) is 0 Å². The molecule has 0 aliphatic heterocycles. The minimum atomic E-state index is 0.600. The van der Waals surface area contributed by atoms with Gasteiger partial charge in [-0.05, 0) is 49.9 Å². The average molecular weight is 324 g/mol. The predicted octanol–water partition coefficient (Wildman–Crippen LogP) is 5.11. The monoisotopic (exact) mass is 323 g/mol. The molecule has 1 rings (SSSR count). The van der Waals surface area contributed by atoms with Crippen molar-refractivity contribution in [3.63, 3.8) is 0 Å². The van der Waals surface area contributed by atoms with E-state index in [9.17, 15) is 0 Å². The molecule has 1 aromatic carbocycles. The van der Waals surface area contributed by atoms with E-state index in [2.05, 4.69) is 59.0 Å². The van der Waals surface area contributed by atoms with Gasteiger partial charge in [-0.1, -0.05) is 53.9 Å². The van der Waals surface area contributed by atoms with E-state index in [0.29, 0.717) is 6.04 Å². The second kappa shape index (κ2) is 10.2. The van der Waals surface area contributed by atoms with E-state index in [0.717, 1.165) is 19.4 Å². The molecule has 1 aromatic rings. The molecule has 0 heterocycles. The van der Waals surface area contributed by atoms with Crippen LogP contribution in [0.3, 0.4) is 0 Å². The maximum absolute atomic E-state index is 3.77. The predicted molar refractivity (Wildman–Crippen MR) is 88.6 cm³/mol. The summed E-state index contributed by atoms with van der Waals surface area (Å²) in [5, 5.41) is 3.61. The number of rotatable bonds is 10. The lowest BCUT2D eigenvalue weighted by atomic mass is 10.00. The summed E-state index contributed by atoms with van der Waals surface area (Å²) in [7, 11) is 0. The molecule has 0 saturated heterocycles. The lowest BCUT2D eigenvalue weighted by Gasteiger charge is -2.18. The zero-order valence-electron chi connectivity index (χ0n) is 12.0. The van der Waals surface area contributed by atoms with Crippen molar-refractivity contribution in [2.45, 2.75) is 51.5 Å². The average Bonchev–Trinajstić information content (AvgIpc) is 2.38. The Morgan fingerprint density at radius 3 is 2.84 bits per heavy atom. The van der Waals surface area contributed by atoms with E-state index in [4.69, 9.17) is 0 Å². The molecule has 2 heteroatoms. The van der Waals surface area contributed by atoms with E-state index in [1.54, 1.807) is 0 Å². The third-order valence-corrected chi connectivity index (χ3v) is 3.82. The Balaban J connectivity index is 2.37. The first-order valence-corrected chi connectivity index (χ1v) is 8.14. The number of allylic oxidation sites excluding steroid dienone is 1. The molecule has 0 amide bonds. The normalized spacial score (nSPS) is 12.3. The third-order valence-electron chi connectivity index (χ3n) is 3.32. The minimum absolute atomic E-state index is 0.600. The molecule has 1 nitrogen and oxygen atoms in total. The standard InChI is InChI=1S/C17H26BrN/c1-3-5-6-7-8-12-17(19-4-2)14-15-10-9-11-16(18)13-15/h3,9-11,13,17,19H,1,4-8,12,14H2,2H3. The van der Waals surface area contributed by atoms with Gasteiger partial charge < -0.3 is 5.32 Å². The van der Waals surface area contributed by atoms with Gasteiger partial charge in [-0.3, -0.25) is 0 Å². The van der Waals surface area contributed by atoms with Crippen LogP contribution in [0.5, 0.6) is 0 Å². The SMILES string of the molecule is C=CCCCCCC(Cc1cccc(Br)c1)NCC. The van der Waals surface area contributed by atoms with Crippen LogP contribution >= 0.6 is 15.9 Å². The van der Waals surface area contributed by atoms with Crippen LogP contribution in [0, 0.1) is 0 Å². The summed E-state index contributed by atoms with van der Waals surface area (Å²) < 4.78 is 1.17. The highest BCUT2D eigenvalue weighted by Gasteiger charge is 2.08. The van der Waals surface area contributed by atoms with E-state index in [1.807, 2.05) is 6.08 Å². The first kappa shape index (κ1) is 16.5. The summed E-state index contributed by atoms with van der Waals surface area (Å²) >= 11 is 3.54. The van der Waals surface area contributed by atoms with Gasteiger partial charge in [-0.2, -0.15) is 0 Å². The van der Waals surface area contributed by atoms with Crippen molar-refractivity contribution in [1.29, 1.82) is 0 Å². The Kier molecular flexibility index (Phi) is 8.85. The van der Waals surface area contributed by atoms with Crippen molar-refractivity contribution in [3.05, 3.63) is 47.0 Å². The van der Waals surface area contributed by atoms with E-state index in [-0.39, 0.29) is 0 Å². The number of nitrogens with one attached hydrogen (secondary N) is 1. The lowest BCUT2D eigenvalue weighted by molar-refractivity contribution is 0.464. The Bertz CT molecular complexity index is 362. The van der Waals surface area contributed by atoms with Crippen molar-refractivity contribution < 1.29 is 0 Å². The van der Waals surface area contributed by atoms with Crippen molar-refractivity contribution in [2.24, 2.45) is 0 Å². The Morgan fingerprint density at radius 2 is 2.16 bits per heavy atom. The summed E-state index contributed by atoms with van der Waals surface area (Å²) in [4.78, 5) is 0. The van der Waals surface area contributed by atoms with Gasteiger partial charge in [0.1, 0.15) is 0 Å². The zero-order chi connectivity index (χ0) is 13.9. The molecule has 0 spiro atoms. The number of hydrogen-bond donors (Lipinski definition) is 1. The molecule has 0 aromatic heterocycles. The summed E-state index contributed by atoms with van der Waals surface area (Å²) in [5.74, 6) is 0. The number of halogens is 1. The summed E-state index contributed by atoms with van der Waals surface area (Å²) in [6, 6.07) is 9.24. The Hall–Kier alpha value is -0.600. The highest BCUT2D eigenvalue weighted by molar-refractivity contribution is 9.10. The molecule has 0 saturated carbocycles. The quantitative estimate of drug-likeness (QED) is 0.466. The molecule has 0 aliphatic carbocycles. The van der Waals surface area contributed by atoms with Crippen LogP contribution in [0.1, 0.15) is 44.6 Å². The fraction of sp³-hybridized carbons (Fsp3) is 0.529. The molecule has 19 heavy (non-hydrogen) atoms. The van der Waals surface area contributed by atoms with Gasteiger partial charge in [0.2, 0.25) is 0 Å². The van der Waals surface area contributed by atoms with Crippen molar-refractivity contribution >= 4 is 15.9 Å². The fourth-order valence-electron chi connectivity index (χ4n) is 2.37. The maximum Gasteiger partial charge on any atom is 0.0178 e. The molecular formula is C17H26BrN. The van der Waals surface area contributed by atoms with Crippen LogP contribution in [0.25, 0.3) is 0 Å². The van der Waals surface area contributed by atoms with E-state index >= 15 is 0 Å². The van der Waals surface area contributed by atoms with Gasteiger partial charge in [-0.25, -0.2) is 0 Å². The molecule has 1 atom stereocenters. The van der Waals surface area contributed by atoms with Crippen LogP contribution < -0.4 is 5.32 Å². The maximum atomic E-state index is 3.77. The highest BCUT2D eigenvalue weighted by atomic mass is 79.9. The van der Waals surface area contributed by atoms with Crippen molar-refractivity contribution in [1.82, 2.24) is 5.32 Å². The van der Waals surface area contributed by atoms with Crippen LogP contribution in [0.4, 0.5) is 0 Å². The first-order chi connectivity index (χ1) is 9.26. The molecule has 1 N–H and O–H groups in total. The molecule has 106 valence electrons. The topological polar surface area (TPSA) is 12.0 Å². The summed E-state index contributed by atoms with van der Waals surface area (Å²) in [5.41, 5.74) is 1.41. The minimum Gasteiger partial charge on any atom is -0.314 e. The second-order valence-electron chi connectivity index (χ2n) is 5.02. The third kappa shape index (κ3) is 7.54. The second-order valence-corrected chi connectivity index (χ2v) is 5.93. The summed E-state index contributed by atoms with van der Waals surface area (Å²) in [6.07, 6.45) is 9.44. The van der Waals surface area contributed by atoms with Crippen molar-refractivity contribution in [2.75, 3.05) is 6.54 Å². The van der Waals surface area contributed by atoms with Crippen molar-refractivity contribution in [3.8, 4) is 0 Å². The Labute approximate surface area is 126 Å². The van der Waals surface area contributed by atoms with Crippen LogP contribution in [0.15, 0.2) is 41.4 Å². The summed E-state index contributed by atoms with van der Waals surface area (Å²) in [6.45, 7) is 7.00. The van der Waals surface area contributed by atoms with E-state index in [1.165, 1.54) is 35.7 Å². The number of unbranched alkanes of at least 4 members (excludes halogenated alkanes) is 3. The molecular weight excluding hydrogens is 298 g/mol. The van der Waals surface area contributed by atoms with Crippen LogP contribution in [-0.2, 0) is 6.42 Å². The number of benzene rings is 1.